The van der Waals surface area contributed by atoms with E-state index < -0.39 is 0 Å². The van der Waals surface area contributed by atoms with Crippen LogP contribution in [0, 0.1) is 23.7 Å². The van der Waals surface area contributed by atoms with Gasteiger partial charge in [0.05, 0.1) is 6.10 Å². The summed E-state index contributed by atoms with van der Waals surface area (Å²) in [5.74, 6) is 3.53. The minimum Gasteiger partial charge on any atom is -0.393 e. The van der Waals surface area contributed by atoms with Gasteiger partial charge in [-0.1, -0.05) is 12.2 Å². The molecule has 3 rings (SSSR count). The zero-order valence-electron chi connectivity index (χ0n) is 8.02. The van der Waals surface area contributed by atoms with Gasteiger partial charge in [-0.3, -0.25) is 0 Å². The van der Waals surface area contributed by atoms with Crippen LogP contribution in [0.3, 0.4) is 0 Å². The van der Waals surface area contributed by atoms with Crippen molar-refractivity contribution >= 4 is 0 Å². The van der Waals surface area contributed by atoms with Gasteiger partial charge in [0.25, 0.3) is 0 Å². The Morgan fingerprint density at radius 1 is 1.08 bits per heavy atom. The predicted molar refractivity (Wildman–Crippen MR) is 52.2 cm³/mol. The summed E-state index contributed by atoms with van der Waals surface area (Å²) in [6, 6.07) is 0. The van der Waals surface area contributed by atoms with Gasteiger partial charge >= 0.3 is 0 Å². The summed E-state index contributed by atoms with van der Waals surface area (Å²) in [4.78, 5) is 0. The van der Waals surface area contributed by atoms with Crippen LogP contribution in [-0.4, -0.2) is 11.2 Å². The molecule has 0 aromatic heterocycles. The summed E-state index contributed by atoms with van der Waals surface area (Å²) >= 11 is 0. The molecule has 1 N–H and O–H groups in total. The molecule has 0 saturated heterocycles. The lowest BCUT2D eigenvalue weighted by atomic mass is 9.83. The van der Waals surface area contributed by atoms with E-state index in [0.717, 1.165) is 36.5 Å². The Morgan fingerprint density at radius 3 is 2.92 bits per heavy atom. The number of hydrogen-bond donors (Lipinski definition) is 1. The average Bonchev–Trinajstić information content (AvgIpc) is 2.61. The molecule has 2 bridgehead atoms. The van der Waals surface area contributed by atoms with Gasteiger partial charge in [0, 0.05) is 0 Å². The minimum absolute atomic E-state index is 0.00458. The summed E-state index contributed by atoms with van der Waals surface area (Å²) < 4.78 is 0. The highest BCUT2D eigenvalue weighted by atomic mass is 16.3. The lowest BCUT2D eigenvalue weighted by Crippen LogP contribution is -2.20. The molecule has 0 radical (unpaired) electrons. The molecule has 0 spiro atoms. The molecule has 0 aromatic rings. The van der Waals surface area contributed by atoms with Crippen molar-refractivity contribution in [1.29, 1.82) is 0 Å². The molecule has 3 aliphatic carbocycles. The second-order valence-corrected chi connectivity index (χ2v) is 5.13. The Bertz CT molecular complexity index is 231. The van der Waals surface area contributed by atoms with Gasteiger partial charge in [-0.05, 0) is 55.8 Å². The van der Waals surface area contributed by atoms with E-state index >= 15 is 0 Å². The van der Waals surface area contributed by atoms with Crippen LogP contribution in [0.25, 0.3) is 0 Å². The zero-order chi connectivity index (χ0) is 8.84. The van der Waals surface area contributed by atoms with E-state index in [2.05, 4.69) is 12.2 Å². The first-order valence-electron chi connectivity index (χ1n) is 5.69. The van der Waals surface area contributed by atoms with Crippen LogP contribution in [0.15, 0.2) is 12.2 Å². The molecule has 2 fully saturated rings. The maximum atomic E-state index is 9.71. The van der Waals surface area contributed by atoms with Crippen LogP contribution in [0.1, 0.15) is 32.1 Å². The monoisotopic (exact) mass is 178 g/mol. The first-order chi connectivity index (χ1) is 6.34. The normalized spacial score (nSPS) is 53.5. The molecular weight excluding hydrogens is 160 g/mol. The van der Waals surface area contributed by atoms with Gasteiger partial charge in [0.15, 0.2) is 0 Å². The highest BCUT2D eigenvalue weighted by Gasteiger charge is 2.45. The average molecular weight is 178 g/mol. The number of allylic oxidation sites excluding steroid dienone is 2. The molecule has 0 aromatic carbocycles. The predicted octanol–water partition coefficient (Wildman–Crippen LogP) is 2.36. The molecule has 72 valence electrons. The maximum absolute atomic E-state index is 9.71. The van der Waals surface area contributed by atoms with Gasteiger partial charge in [-0.25, -0.2) is 0 Å². The molecule has 2 saturated carbocycles. The van der Waals surface area contributed by atoms with E-state index in [-0.39, 0.29) is 6.10 Å². The topological polar surface area (TPSA) is 20.2 Å². The van der Waals surface area contributed by atoms with E-state index in [1.165, 1.54) is 19.3 Å². The van der Waals surface area contributed by atoms with Crippen molar-refractivity contribution in [3.8, 4) is 0 Å². The van der Waals surface area contributed by atoms with Crippen molar-refractivity contribution in [2.45, 2.75) is 38.2 Å². The van der Waals surface area contributed by atoms with Crippen LogP contribution in [0.5, 0.6) is 0 Å². The van der Waals surface area contributed by atoms with E-state index in [9.17, 15) is 5.11 Å². The minimum atomic E-state index is 0.00458. The third-order valence-corrected chi connectivity index (χ3v) is 4.46. The van der Waals surface area contributed by atoms with Crippen molar-refractivity contribution in [2.24, 2.45) is 23.7 Å². The largest absolute Gasteiger partial charge is 0.393 e. The van der Waals surface area contributed by atoms with E-state index in [1.54, 1.807) is 0 Å². The Balaban J connectivity index is 1.85. The van der Waals surface area contributed by atoms with Gasteiger partial charge in [0.1, 0.15) is 0 Å². The van der Waals surface area contributed by atoms with E-state index in [0.29, 0.717) is 0 Å². The molecule has 0 aliphatic heterocycles. The Hall–Kier alpha value is -0.300. The first-order valence-corrected chi connectivity index (χ1v) is 5.69. The van der Waals surface area contributed by atoms with E-state index in [4.69, 9.17) is 0 Å². The number of hydrogen-bond acceptors (Lipinski definition) is 1. The highest BCUT2D eigenvalue weighted by molar-refractivity contribution is 5.10. The summed E-state index contributed by atoms with van der Waals surface area (Å²) in [6.45, 7) is 0. The summed E-state index contributed by atoms with van der Waals surface area (Å²) in [6.07, 6.45) is 10.9. The van der Waals surface area contributed by atoms with Gasteiger partial charge in [-0.2, -0.15) is 0 Å². The number of fused-ring (bicyclic) bond motifs is 5. The summed E-state index contributed by atoms with van der Waals surface area (Å²) in [5.41, 5.74) is 0. The third-order valence-electron chi connectivity index (χ3n) is 4.46. The van der Waals surface area contributed by atoms with Crippen molar-refractivity contribution in [1.82, 2.24) is 0 Å². The van der Waals surface area contributed by atoms with Crippen LogP contribution in [0.4, 0.5) is 0 Å². The van der Waals surface area contributed by atoms with Crippen LogP contribution < -0.4 is 0 Å². The van der Waals surface area contributed by atoms with Crippen LogP contribution in [0.2, 0.25) is 0 Å². The fourth-order valence-corrected chi connectivity index (χ4v) is 3.89. The Labute approximate surface area is 79.8 Å². The maximum Gasteiger partial charge on any atom is 0.0543 e. The summed E-state index contributed by atoms with van der Waals surface area (Å²) in [7, 11) is 0. The number of aliphatic hydroxyl groups excluding tert-OH is 1. The van der Waals surface area contributed by atoms with Gasteiger partial charge in [0.2, 0.25) is 0 Å². The quantitative estimate of drug-likeness (QED) is 0.565. The standard InChI is InChI=1S/C12H18O/c13-10-5-4-8-6-9(7-10)12-3-1-2-11(8)12/h1,3,8-13H,2,4-7H2. The van der Waals surface area contributed by atoms with Crippen molar-refractivity contribution < 1.29 is 5.11 Å². The van der Waals surface area contributed by atoms with Gasteiger partial charge < -0.3 is 5.11 Å². The smallest absolute Gasteiger partial charge is 0.0543 e. The fourth-order valence-electron chi connectivity index (χ4n) is 3.89. The fraction of sp³-hybridized carbons (Fsp3) is 0.833. The second-order valence-electron chi connectivity index (χ2n) is 5.13. The molecule has 13 heavy (non-hydrogen) atoms. The molecule has 1 heteroatoms. The van der Waals surface area contributed by atoms with Crippen molar-refractivity contribution in [3.63, 3.8) is 0 Å². The molecule has 0 amide bonds. The lowest BCUT2D eigenvalue weighted by molar-refractivity contribution is 0.119. The number of aliphatic hydroxyl groups is 1. The van der Waals surface area contributed by atoms with Crippen molar-refractivity contribution in [2.75, 3.05) is 0 Å². The van der Waals surface area contributed by atoms with Crippen LogP contribution >= 0.6 is 0 Å². The Morgan fingerprint density at radius 2 is 2.00 bits per heavy atom. The third kappa shape index (κ3) is 1.17. The molecule has 0 heterocycles. The summed E-state index contributed by atoms with van der Waals surface area (Å²) in [5, 5.41) is 9.71. The van der Waals surface area contributed by atoms with Crippen LogP contribution in [-0.2, 0) is 0 Å². The highest BCUT2D eigenvalue weighted by Crippen LogP contribution is 2.52. The van der Waals surface area contributed by atoms with Gasteiger partial charge in [-0.15, -0.1) is 0 Å². The van der Waals surface area contributed by atoms with Crippen molar-refractivity contribution in [3.05, 3.63) is 12.2 Å². The molecular formula is C12H18O. The Kier molecular flexibility index (Phi) is 1.76. The molecule has 5 unspecified atom stereocenters. The molecule has 5 atom stereocenters. The number of rotatable bonds is 0. The SMILES string of the molecule is OC1CCC2CC(C1)C1C=CCC21. The second kappa shape index (κ2) is 2.84. The zero-order valence-corrected chi connectivity index (χ0v) is 8.02. The van der Waals surface area contributed by atoms with E-state index in [1.807, 2.05) is 0 Å². The molecule has 3 aliphatic rings. The first kappa shape index (κ1) is 8.05. The molecule has 1 nitrogen and oxygen atoms in total. The lowest BCUT2D eigenvalue weighted by Gasteiger charge is -2.23.